The van der Waals surface area contributed by atoms with Crippen molar-refractivity contribution in [1.29, 1.82) is 0 Å². The quantitative estimate of drug-likeness (QED) is 0.123. The van der Waals surface area contributed by atoms with Crippen LogP contribution in [-0.4, -0.2) is 21.5 Å². The second kappa shape index (κ2) is 17.0. The Morgan fingerprint density at radius 1 is 0.780 bits per heavy atom. The summed E-state index contributed by atoms with van der Waals surface area (Å²) in [5.74, 6) is 1.15. The molecule has 7 heteroatoms. The summed E-state index contributed by atoms with van der Waals surface area (Å²) in [7, 11) is 1.98. The summed E-state index contributed by atoms with van der Waals surface area (Å²) in [4.78, 5) is 8.50. The fraction of sp³-hybridized carbons (Fsp3) is 0.0233. The molecule has 5 nitrogen and oxygen atoms in total. The van der Waals surface area contributed by atoms with Gasteiger partial charge >= 0.3 is 21.1 Å². The molecule has 8 rings (SSSR count). The van der Waals surface area contributed by atoms with E-state index >= 15 is 0 Å². The first-order valence-corrected chi connectivity index (χ1v) is 15.3. The van der Waals surface area contributed by atoms with Crippen LogP contribution in [-0.2, 0) is 42.1 Å². The number of rotatable bonds is 6. The van der Waals surface area contributed by atoms with Crippen LogP contribution in [0.25, 0.3) is 44.3 Å². The van der Waals surface area contributed by atoms with Gasteiger partial charge < -0.3 is 42.1 Å². The van der Waals surface area contributed by atoms with Crippen molar-refractivity contribution in [3.63, 3.8) is 0 Å². The molecular formula is C43H27N4OPt2-3. The molecule has 50 heavy (non-hydrogen) atoms. The van der Waals surface area contributed by atoms with Gasteiger partial charge in [-0.2, -0.15) is 42.7 Å². The normalized spacial score (nSPS) is 11.5. The van der Waals surface area contributed by atoms with Gasteiger partial charge in [-0.15, -0.1) is 41.6 Å². The number of pyridine rings is 1. The number of aromatic nitrogens is 2. The maximum absolute atomic E-state index is 6.57. The van der Waals surface area contributed by atoms with E-state index in [1.165, 1.54) is 16.3 Å². The second-order valence-corrected chi connectivity index (χ2v) is 10.9. The van der Waals surface area contributed by atoms with Crippen LogP contribution in [0.5, 0.6) is 11.5 Å². The minimum absolute atomic E-state index is 0. The van der Waals surface area contributed by atoms with E-state index in [9.17, 15) is 0 Å². The molecule has 0 aliphatic carbocycles. The molecule has 7 aromatic rings. The average Bonchev–Trinajstić information content (AvgIpc) is 3.84. The fourth-order valence-electron chi connectivity index (χ4n) is 5.26. The van der Waals surface area contributed by atoms with Gasteiger partial charge in [-0.1, -0.05) is 53.8 Å². The van der Waals surface area contributed by atoms with Crippen molar-refractivity contribution >= 4 is 16.5 Å². The van der Waals surface area contributed by atoms with E-state index in [1.807, 2.05) is 90.5 Å². The molecule has 0 saturated carbocycles. The molecule has 0 N–H and O–H groups in total. The summed E-state index contributed by atoms with van der Waals surface area (Å²) in [6.07, 6.45) is 15.8. The number of hydrogen-bond acceptors (Lipinski definition) is 4. The van der Waals surface area contributed by atoms with Crippen LogP contribution in [0.1, 0.15) is 0 Å². The molecule has 0 unspecified atom stereocenters. The van der Waals surface area contributed by atoms with Gasteiger partial charge in [-0.3, -0.25) is 12.1 Å². The molecule has 0 radical (unpaired) electrons. The smallest absolute Gasteiger partial charge is 0.669 e. The third-order valence-electron chi connectivity index (χ3n) is 7.60. The molecule has 1 aliphatic heterocycles. The van der Waals surface area contributed by atoms with Crippen LogP contribution in [0, 0.1) is 49.5 Å². The van der Waals surface area contributed by atoms with Crippen molar-refractivity contribution < 1.29 is 46.9 Å². The Labute approximate surface area is 322 Å². The largest absolute Gasteiger partial charge is 4.00 e. The van der Waals surface area contributed by atoms with Gasteiger partial charge in [-0.05, 0) is 48.5 Å². The Kier molecular flexibility index (Phi) is 12.3. The molecule has 0 amide bonds. The molecular weight excluding hydrogens is 979 g/mol. The van der Waals surface area contributed by atoms with Crippen molar-refractivity contribution in [3.05, 3.63) is 184 Å². The summed E-state index contributed by atoms with van der Waals surface area (Å²) >= 11 is 0. The number of nitrogens with zero attached hydrogens (tertiary/aromatic N) is 4. The maximum atomic E-state index is 6.57. The SMILES string of the molecule is CN1C=CN(c2[c-]c(Oc3[c-]c(-c4[c-]c(-c5[c-]cc(-c6cccc7ccccc67)cc5)ccn4)[c-]cc3)ccc2)[CH-]1.[C-]#Cn1cccc1.[Pt+4].[Pt]. The third kappa shape index (κ3) is 8.53. The molecule has 0 atom stereocenters. The monoisotopic (exact) mass is 1010 g/mol. The number of benzene rings is 5. The molecule has 3 heterocycles. The minimum atomic E-state index is 0. The molecule has 0 fully saturated rings. The number of ether oxygens (including phenoxy) is 1. The molecule has 248 valence electrons. The van der Waals surface area contributed by atoms with Crippen LogP contribution in [0.15, 0.2) is 140 Å². The molecule has 0 bridgehead atoms. The second-order valence-electron chi connectivity index (χ2n) is 10.9. The van der Waals surface area contributed by atoms with Crippen molar-refractivity contribution in [2.75, 3.05) is 11.9 Å². The van der Waals surface area contributed by atoms with Gasteiger partial charge in [0.15, 0.2) is 0 Å². The summed E-state index contributed by atoms with van der Waals surface area (Å²) < 4.78 is 7.65. The standard InChI is InChI=1S/C37H23N3O.C6H4N.2Pt/c1-39-21-22-40(26-39)32-10-6-12-34(25-32)41-33-11-4-9-31(23-33)37-24-30(19-20-38-37)27-15-17-29(18-16-27)36-14-5-8-28-7-2-3-13-35(28)36;1-2-7-5-3-4-6-7;;/h2-8,10-15,17-22,26H,1H3;3-6H;;/q-6;-1;;+4. The summed E-state index contributed by atoms with van der Waals surface area (Å²) in [6.45, 7) is 1.97. The fourth-order valence-corrected chi connectivity index (χ4v) is 5.26. The van der Waals surface area contributed by atoms with Gasteiger partial charge in [0.25, 0.3) is 0 Å². The average molecular weight is 1010 g/mol. The molecule has 2 aromatic heterocycles. The Hall–Kier alpha value is -5.13. The molecule has 0 spiro atoms. The molecule has 1 aliphatic rings. The Bertz CT molecular complexity index is 2240. The predicted molar refractivity (Wildman–Crippen MR) is 189 cm³/mol. The van der Waals surface area contributed by atoms with Gasteiger partial charge in [0, 0.05) is 39.2 Å². The summed E-state index contributed by atoms with van der Waals surface area (Å²) in [6, 6.07) is 55.0. The van der Waals surface area contributed by atoms with Crippen LogP contribution >= 0.6 is 0 Å². The van der Waals surface area contributed by atoms with E-state index in [2.05, 4.69) is 96.0 Å². The maximum Gasteiger partial charge on any atom is 4.00 e. The first-order valence-electron chi connectivity index (χ1n) is 15.3. The van der Waals surface area contributed by atoms with Crippen molar-refractivity contribution in [1.82, 2.24) is 14.5 Å². The number of hydrogen-bond donors (Lipinski definition) is 0. The van der Waals surface area contributed by atoms with Gasteiger partial charge in [0.1, 0.15) is 0 Å². The van der Waals surface area contributed by atoms with Crippen LogP contribution < -0.4 is 9.64 Å². The number of anilines is 1. The summed E-state index contributed by atoms with van der Waals surface area (Å²) in [5.41, 5.74) is 6.34. The zero-order valence-electron chi connectivity index (χ0n) is 26.7. The predicted octanol–water partition coefficient (Wildman–Crippen LogP) is 9.25. The van der Waals surface area contributed by atoms with E-state index in [0.717, 1.165) is 22.4 Å². The van der Waals surface area contributed by atoms with Gasteiger partial charge in [0.05, 0.1) is 0 Å². The van der Waals surface area contributed by atoms with Crippen molar-refractivity contribution in [2.24, 2.45) is 0 Å². The first-order chi connectivity index (χ1) is 23.6. The van der Waals surface area contributed by atoms with Gasteiger partial charge in [-0.25, -0.2) is 23.2 Å². The topological polar surface area (TPSA) is 33.5 Å². The Balaban J connectivity index is 0.000000485. The Morgan fingerprint density at radius 3 is 2.34 bits per heavy atom. The molecule has 0 saturated heterocycles. The zero-order chi connectivity index (χ0) is 32.7. The van der Waals surface area contributed by atoms with E-state index in [1.54, 1.807) is 23.2 Å². The van der Waals surface area contributed by atoms with Gasteiger partial charge in [0.2, 0.25) is 0 Å². The van der Waals surface area contributed by atoms with Crippen molar-refractivity contribution in [3.8, 4) is 51.1 Å². The molecule has 5 aromatic carbocycles. The first kappa shape index (κ1) is 36.2. The van der Waals surface area contributed by atoms with E-state index in [4.69, 9.17) is 11.2 Å². The summed E-state index contributed by atoms with van der Waals surface area (Å²) in [5, 5.41) is 2.45. The van der Waals surface area contributed by atoms with E-state index in [-0.39, 0.29) is 42.1 Å². The number of fused-ring (bicyclic) bond motifs is 1. The Morgan fingerprint density at radius 2 is 1.58 bits per heavy atom. The van der Waals surface area contributed by atoms with Crippen LogP contribution in [0.3, 0.4) is 0 Å². The van der Waals surface area contributed by atoms with Crippen molar-refractivity contribution in [2.45, 2.75) is 0 Å². The van der Waals surface area contributed by atoms with Crippen LogP contribution in [0.2, 0.25) is 0 Å². The van der Waals surface area contributed by atoms with E-state index in [0.29, 0.717) is 22.8 Å². The zero-order valence-corrected chi connectivity index (χ0v) is 31.2. The third-order valence-corrected chi connectivity index (χ3v) is 7.60. The minimum Gasteiger partial charge on any atom is -0.669 e. The van der Waals surface area contributed by atoms with E-state index < -0.39 is 0 Å². The van der Waals surface area contributed by atoms with Crippen LogP contribution in [0.4, 0.5) is 5.69 Å².